The summed E-state index contributed by atoms with van der Waals surface area (Å²) in [6, 6.07) is 5.37. The third-order valence-corrected chi connectivity index (χ3v) is 7.30. The van der Waals surface area contributed by atoms with Crippen LogP contribution in [0.2, 0.25) is 0 Å². The van der Waals surface area contributed by atoms with E-state index in [1.165, 1.54) is 21.7 Å². The number of nitrogens with zero attached hydrogens (tertiary/aromatic N) is 4. The molecule has 2 aromatic rings. The van der Waals surface area contributed by atoms with Gasteiger partial charge in [0.15, 0.2) is 15.7 Å². The zero-order chi connectivity index (χ0) is 19.8. The van der Waals surface area contributed by atoms with Gasteiger partial charge in [0, 0.05) is 18.7 Å². The lowest BCUT2D eigenvalue weighted by Gasteiger charge is -2.26. The number of nitrogens with two attached hydrogens (primary N) is 1. The molecule has 1 saturated heterocycles. The predicted molar refractivity (Wildman–Crippen MR) is 101 cm³/mol. The molecule has 2 atom stereocenters. The average Bonchev–Trinajstić information content (AvgIpc) is 3.17. The monoisotopic (exact) mass is 413 g/mol. The molecule has 1 aromatic heterocycles. The smallest absolute Gasteiger partial charge is 0.235 e. The van der Waals surface area contributed by atoms with Crippen LogP contribution in [-0.4, -0.2) is 63.9 Å². The van der Waals surface area contributed by atoms with Crippen molar-refractivity contribution in [3.8, 4) is 11.4 Å². The summed E-state index contributed by atoms with van der Waals surface area (Å²) in [5.41, 5.74) is 0.602. The standard InChI is InChI=1S/C16H20FN5O3S2/c1-10(15(23)21(2)13-7-8-27(24,25)9-13)26-16-20-19-14(22(16)18)11-3-5-12(17)6-4-11/h3-6,10,13H,7-9,18H2,1-2H3/t10-,13-/m1/s1. The Balaban J connectivity index is 1.70. The van der Waals surface area contributed by atoms with Gasteiger partial charge in [-0.2, -0.15) is 0 Å². The molecule has 27 heavy (non-hydrogen) atoms. The molecule has 8 nitrogen and oxygen atoms in total. The van der Waals surface area contributed by atoms with Gasteiger partial charge in [0.05, 0.1) is 16.8 Å². The largest absolute Gasteiger partial charge is 0.341 e. The van der Waals surface area contributed by atoms with Crippen molar-refractivity contribution in [2.24, 2.45) is 0 Å². The van der Waals surface area contributed by atoms with Gasteiger partial charge in [-0.15, -0.1) is 10.2 Å². The van der Waals surface area contributed by atoms with Gasteiger partial charge in [-0.25, -0.2) is 17.5 Å². The van der Waals surface area contributed by atoms with E-state index in [2.05, 4.69) is 10.2 Å². The van der Waals surface area contributed by atoms with E-state index in [1.807, 2.05) is 0 Å². The van der Waals surface area contributed by atoms with Crippen molar-refractivity contribution in [2.45, 2.75) is 29.8 Å². The van der Waals surface area contributed by atoms with Crippen LogP contribution >= 0.6 is 11.8 Å². The zero-order valence-electron chi connectivity index (χ0n) is 14.9. The average molecular weight is 414 g/mol. The van der Waals surface area contributed by atoms with E-state index in [9.17, 15) is 17.6 Å². The Morgan fingerprint density at radius 1 is 1.37 bits per heavy atom. The van der Waals surface area contributed by atoms with Crippen molar-refractivity contribution < 1.29 is 17.6 Å². The van der Waals surface area contributed by atoms with Gasteiger partial charge in [-0.05, 0) is 37.6 Å². The third-order valence-electron chi connectivity index (χ3n) is 4.50. The Hall–Kier alpha value is -2.14. The maximum absolute atomic E-state index is 13.1. The summed E-state index contributed by atoms with van der Waals surface area (Å²) >= 11 is 1.13. The third kappa shape index (κ3) is 4.24. The molecule has 0 spiro atoms. The summed E-state index contributed by atoms with van der Waals surface area (Å²) in [6.45, 7) is 1.71. The lowest BCUT2D eigenvalue weighted by Crippen LogP contribution is -2.41. The lowest BCUT2D eigenvalue weighted by molar-refractivity contribution is -0.130. The zero-order valence-corrected chi connectivity index (χ0v) is 16.5. The normalized spacial score (nSPS) is 19.7. The fourth-order valence-electron chi connectivity index (χ4n) is 2.91. The molecule has 11 heteroatoms. The van der Waals surface area contributed by atoms with Crippen molar-refractivity contribution in [2.75, 3.05) is 24.4 Å². The van der Waals surface area contributed by atoms with Crippen molar-refractivity contribution in [3.05, 3.63) is 30.1 Å². The molecule has 0 radical (unpaired) electrons. The Kier molecular flexibility index (Phi) is 5.43. The molecule has 1 amide bonds. The molecule has 0 unspecified atom stereocenters. The second-order valence-electron chi connectivity index (χ2n) is 6.45. The Labute approximate surface area is 160 Å². The van der Waals surface area contributed by atoms with Crippen LogP contribution in [0.15, 0.2) is 29.4 Å². The van der Waals surface area contributed by atoms with Gasteiger partial charge >= 0.3 is 0 Å². The molecular formula is C16H20FN5O3S2. The Bertz CT molecular complexity index is 945. The Morgan fingerprint density at radius 3 is 2.63 bits per heavy atom. The maximum atomic E-state index is 13.1. The van der Waals surface area contributed by atoms with Gasteiger partial charge in [-0.1, -0.05) is 11.8 Å². The fourth-order valence-corrected chi connectivity index (χ4v) is 5.55. The summed E-state index contributed by atoms with van der Waals surface area (Å²) in [5.74, 6) is 5.91. The van der Waals surface area contributed by atoms with Crippen molar-refractivity contribution in [3.63, 3.8) is 0 Å². The highest BCUT2D eigenvalue weighted by Crippen LogP contribution is 2.27. The number of aromatic nitrogens is 3. The van der Waals surface area contributed by atoms with E-state index in [0.717, 1.165) is 11.8 Å². The SMILES string of the molecule is C[C@@H](Sc1nnc(-c2ccc(F)cc2)n1N)C(=O)N(C)[C@@H]1CCS(=O)(=O)C1. The molecule has 0 saturated carbocycles. The van der Waals surface area contributed by atoms with Crippen LogP contribution < -0.4 is 5.84 Å². The number of nitrogen functional groups attached to an aromatic ring is 1. The topological polar surface area (TPSA) is 111 Å². The number of halogens is 1. The number of sulfone groups is 1. The molecule has 146 valence electrons. The molecule has 2 N–H and O–H groups in total. The molecular weight excluding hydrogens is 393 g/mol. The second kappa shape index (κ2) is 7.47. The molecule has 0 bridgehead atoms. The molecule has 1 aliphatic heterocycles. The minimum absolute atomic E-state index is 0.00554. The number of hydrogen-bond donors (Lipinski definition) is 1. The number of carbonyl (C=O) groups is 1. The molecule has 2 heterocycles. The van der Waals surface area contributed by atoms with Crippen molar-refractivity contribution in [1.82, 2.24) is 19.8 Å². The molecule has 1 fully saturated rings. The lowest BCUT2D eigenvalue weighted by atomic mass is 10.2. The number of hydrogen-bond acceptors (Lipinski definition) is 7. The van der Waals surface area contributed by atoms with Crippen LogP contribution in [0.4, 0.5) is 4.39 Å². The van der Waals surface area contributed by atoms with Crippen molar-refractivity contribution >= 4 is 27.5 Å². The number of carbonyl (C=O) groups excluding carboxylic acids is 1. The number of amides is 1. The second-order valence-corrected chi connectivity index (χ2v) is 9.99. The van der Waals surface area contributed by atoms with Gasteiger partial charge < -0.3 is 10.7 Å². The first-order valence-electron chi connectivity index (χ1n) is 8.28. The summed E-state index contributed by atoms with van der Waals surface area (Å²) in [7, 11) is -1.46. The van der Waals surface area contributed by atoms with E-state index in [-0.39, 0.29) is 29.3 Å². The molecule has 1 aromatic carbocycles. The van der Waals surface area contributed by atoms with Gasteiger partial charge in [0.1, 0.15) is 5.82 Å². The highest BCUT2D eigenvalue weighted by atomic mass is 32.2. The molecule has 1 aliphatic rings. The highest BCUT2D eigenvalue weighted by Gasteiger charge is 2.34. The first-order valence-corrected chi connectivity index (χ1v) is 11.0. The number of thioether (sulfide) groups is 1. The summed E-state index contributed by atoms with van der Waals surface area (Å²) in [6.07, 6.45) is 0.448. The summed E-state index contributed by atoms with van der Waals surface area (Å²) in [5, 5.41) is 7.83. The van der Waals surface area contributed by atoms with Gasteiger partial charge in [0.25, 0.3) is 0 Å². The van der Waals surface area contributed by atoms with E-state index >= 15 is 0 Å². The predicted octanol–water partition coefficient (Wildman–Crippen LogP) is 0.924. The molecule has 0 aliphatic carbocycles. The number of benzene rings is 1. The fraction of sp³-hybridized carbons (Fsp3) is 0.438. The van der Waals surface area contributed by atoms with Gasteiger partial charge in [-0.3, -0.25) is 4.79 Å². The van der Waals surface area contributed by atoms with Crippen molar-refractivity contribution in [1.29, 1.82) is 0 Å². The van der Waals surface area contributed by atoms with E-state index < -0.39 is 15.1 Å². The van der Waals surface area contributed by atoms with Crippen LogP contribution in [0.1, 0.15) is 13.3 Å². The van der Waals surface area contributed by atoms with E-state index in [1.54, 1.807) is 26.1 Å². The van der Waals surface area contributed by atoms with Crippen LogP contribution in [0.5, 0.6) is 0 Å². The van der Waals surface area contributed by atoms with E-state index in [0.29, 0.717) is 23.0 Å². The van der Waals surface area contributed by atoms with Crippen LogP contribution in [-0.2, 0) is 14.6 Å². The van der Waals surface area contributed by atoms with Gasteiger partial charge in [0.2, 0.25) is 11.1 Å². The minimum atomic E-state index is -3.07. The quantitative estimate of drug-likeness (QED) is 0.573. The minimum Gasteiger partial charge on any atom is -0.341 e. The summed E-state index contributed by atoms with van der Waals surface area (Å²) in [4.78, 5) is 14.1. The highest BCUT2D eigenvalue weighted by molar-refractivity contribution is 8.00. The van der Waals surface area contributed by atoms with Crippen LogP contribution in [0, 0.1) is 5.82 Å². The van der Waals surface area contributed by atoms with E-state index in [4.69, 9.17) is 5.84 Å². The maximum Gasteiger partial charge on any atom is 0.235 e. The summed E-state index contributed by atoms with van der Waals surface area (Å²) < 4.78 is 37.6. The molecule has 3 rings (SSSR count). The van der Waals surface area contributed by atoms with Crippen LogP contribution in [0.3, 0.4) is 0 Å². The van der Waals surface area contributed by atoms with Crippen LogP contribution in [0.25, 0.3) is 11.4 Å². The first-order chi connectivity index (χ1) is 12.7. The number of rotatable bonds is 5. The first kappa shape index (κ1) is 19.6. The Morgan fingerprint density at radius 2 is 2.04 bits per heavy atom.